The van der Waals surface area contributed by atoms with Crippen molar-refractivity contribution < 1.29 is 0 Å². The summed E-state index contributed by atoms with van der Waals surface area (Å²) in [5, 5.41) is 1.05. The van der Waals surface area contributed by atoms with Gasteiger partial charge < -0.3 is 10.3 Å². The number of fused-ring (bicyclic) bond motifs is 1. The van der Waals surface area contributed by atoms with Gasteiger partial charge in [-0.05, 0) is 13.0 Å². The van der Waals surface area contributed by atoms with Crippen molar-refractivity contribution >= 4 is 40.7 Å². The standard InChI is InChI=1S/C10H12ClN3O.ClH/c1-3-14-9(12)7(11)8-6(10(14)15)4-5-13(8)2;/h4-5H,3,12H2,1-2H3;1H. The minimum atomic E-state index is -0.0880. The molecule has 88 valence electrons. The molecule has 0 aliphatic rings. The first-order chi connectivity index (χ1) is 7.07. The van der Waals surface area contributed by atoms with Crippen molar-refractivity contribution in [2.24, 2.45) is 7.05 Å². The molecule has 0 amide bonds. The van der Waals surface area contributed by atoms with Gasteiger partial charge in [0.2, 0.25) is 0 Å². The number of halogens is 2. The fraction of sp³-hybridized carbons (Fsp3) is 0.300. The molecule has 0 spiro atoms. The zero-order chi connectivity index (χ0) is 11.2. The van der Waals surface area contributed by atoms with Gasteiger partial charge in [0.25, 0.3) is 5.56 Å². The van der Waals surface area contributed by atoms with E-state index >= 15 is 0 Å². The molecule has 2 aromatic heterocycles. The van der Waals surface area contributed by atoms with Crippen LogP contribution in [0.25, 0.3) is 10.9 Å². The lowest BCUT2D eigenvalue weighted by molar-refractivity contribution is 0.746. The predicted molar refractivity (Wildman–Crippen MR) is 69.5 cm³/mol. The zero-order valence-corrected chi connectivity index (χ0v) is 10.6. The summed E-state index contributed by atoms with van der Waals surface area (Å²) in [4.78, 5) is 12.0. The molecule has 2 heterocycles. The van der Waals surface area contributed by atoms with E-state index in [2.05, 4.69) is 0 Å². The van der Waals surface area contributed by atoms with E-state index in [4.69, 9.17) is 17.3 Å². The Morgan fingerprint density at radius 1 is 1.50 bits per heavy atom. The summed E-state index contributed by atoms with van der Waals surface area (Å²) >= 11 is 6.12. The quantitative estimate of drug-likeness (QED) is 0.854. The van der Waals surface area contributed by atoms with E-state index in [1.807, 2.05) is 14.0 Å². The highest BCUT2D eigenvalue weighted by Gasteiger charge is 2.14. The highest BCUT2D eigenvalue weighted by atomic mass is 35.5. The predicted octanol–water partition coefficient (Wildman–Crippen LogP) is 2.02. The van der Waals surface area contributed by atoms with Crippen molar-refractivity contribution in [1.29, 1.82) is 0 Å². The van der Waals surface area contributed by atoms with Gasteiger partial charge in [-0.15, -0.1) is 12.4 Å². The number of aryl methyl sites for hydroxylation is 1. The number of nitrogens with two attached hydrogens (primary N) is 1. The molecule has 0 saturated heterocycles. The highest BCUT2D eigenvalue weighted by molar-refractivity contribution is 6.37. The number of nitrogen functional groups attached to an aromatic ring is 1. The van der Waals surface area contributed by atoms with Gasteiger partial charge in [0.05, 0.1) is 10.9 Å². The maximum atomic E-state index is 12.0. The Bertz CT molecular complexity index is 586. The van der Waals surface area contributed by atoms with Crippen LogP contribution in [0.4, 0.5) is 5.82 Å². The molecule has 0 radical (unpaired) electrons. The van der Waals surface area contributed by atoms with Crippen molar-refractivity contribution in [2.45, 2.75) is 13.5 Å². The molecule has 16 heavy (non-hydrogen) atoms. The Morgan fingerprint density at radius 3 is 2.69 bits per heavy atom. The van der Waals surface area contributed by atoms with Crippen LogP contribution in [0, 0.1) is 0 Å². The number of nitrogens with zero attached hydrogens (tertiary/aromatic N) is 2. The van der Waals surface area contributed by atoms with E-state index in [0.717, 1.165) is 0 Å². The van der Waals surface area contributed by atoms with Gasteiger partial charge in [-0.3, -0.25) is 9.36 Å². The molecule has 0 saturated carbocycles. The molecule has 2 rings (SSSR count). The Hall–Kier alpha value is -1.13. The van der Waals surface area contributed by atoms with Crippen molar-refractivity contribution in [3.05, 3.63) is 27.6 Å². The fourth-order valence-electron chi connectivity index (χ4n) is 1.78. The number of aromatic nitrogens is 2. The van der Waals surface area contributed by atoms with Gasteiger partial charge in [0.1, 0.15) is 10.8 Å². The van der Waals surface area contributed by atoms with E-state index in [0.29, 0.717) is 28.3 Å². The number of hydrogen-bond donors (Lipinski definition) is 1. The minimum Gasteiger partial charge on any atom is -0.384 e. The maximum absolute atomic E-state index is 12.0. The smallest absolute Gasteiger partial charge is 0.261 e. The van der Waals surface area contributed by atoms with Crippen LogP contribution >= 0.6 is 24.0 Å². The molecule has 4 nitrogen and oxygen atoms in total. The van der Waals surface area contributed by atoms with Gasteiger partial charge in [-0.25, -0.2) is 0 Å². The molecule has 0 aromatic carbocycles. The number of rotatable bonds is 1. The first-order valence-corrected chi connectivity index (χ1v) is 5.08. The lowest BCUT2D eigenvalue weighted by atomic mass is 10.3. The van der Waals surface area contributed by atoms with E-state index in [9.17, 15) is 4.79 Å². The molecule has 0 fully saturated rings. The summed E-state index contributed by atoms with van der Waals surface area (Å²) in [7, 11) is 1.84. The van der Waals surface area contributed by atoms with Crippen molar-refractivity contribution in [3.63, 3.8) is 0 Å². The normalized spacial score (nSPS) is 10.4. The highest BCUT2D eigenvalue weighted by Crippen LogP contribution is 2.26. The van der Waals surface area contributed by atoms with Crippen LogP contribution in [0.2, 0.25) is 5.02 Å². The third-order valence-electron chi connectivity index (χ3n) is 2.59. The molecule has 0 atom stereocenters. The summed E-state index contributed by atoms with van der Waals surface area (Å²) in [5.41, 5.74) is 6.42. The lowest BCUT2D eigenvalue weighted by Gasteiger charge is -2.10. The zero-order valence-electron chi connectivity index (χ0n) is 9.03. The Kier molecular flexibility index (Phi) is 3.55. The molecule has 0 aliphatic carbocycles. The van der Waals surface area contributed by atoms with Crippen LogP contribution in [-0.4, -0.2) is 9.13 Å². The molecular formula is C10H13Cl2N3O. The molecule has 0 bridgehead atoms. The molecule has 2 N–H and O–H groups in total. The van der Waals surface area contributed by atoms with Crippen molar-refractivity contribution in [2.75, 3.05) is 5.73 Å². The molecule has 0 aliphatic heterocycles. The van der Waals surface area contributed by atoms with E-state index in [1.165, 1.54) is 4.57 Å². The second-order valence-corrected chi connectivity index (χ2v) is 3.82. The van der Waals surface area contributed by atoms with Crippen LogP contribution in [0.15, 0.2) is 17.1 Å². The second-order valence-electron chi connectivity index (χ2n) is 3.44. The largest absolute Gasteiger partial charge is 0.384 e. The van der Waals surface area contributed by atoms with E-state index in [-0.39, 0.29) is 18.0 Å². The third kappa shape index (κ3) is 1.58. The number of anilines is 1. The minimum absolute atomic E-state index is 0. The van der Waals surface area contributed by atoms with Crippen LogP contribution in [0.1, 0.15) is 6.92 Å². The van der Waals surface area contributed by atoms with Crippen molar-refractivity contribution in [1.82, 2.24) is 9.13 Å². The van der Waals surface area contributed by atoms with Gasteiger partial charge >= 0.3 is 0 Å². The van der Waals surface area contributed by atoms with Gasteiger partial charge in [-0.2, -0.15) is 0 Å². The monoisotopic (exact) mass is 261 g/mol. The summed E-state index contributed by atoms with van der Waals surface area (Å²) in [5.74, 6) is 0.332. The van der Waals surface area contributed by atoms with Crippen LogP contribution in [0.5, 0.6) is 0 Å². The lowest BCUT2D eigenvalue weighted by Crippen LogP contribution is -2.22. The second kappa shape index (κ2) is 4.39. The summed E-state index contributed by atoms with van der Waals surface area (Å²) in [6, 6.07) is 1.76. The first kappa shape index (κ1) is 12.9. The fourth-order valence-corrected chi connectivity index (χ4v) is 2.12. The van der Waals surface area contributed by atoms with Gasteiger partial charge in [0.15, 0.2) is 0 Å². The first-order valence-electron chi connectivity index (χ1n) is 4.70. The van der Waals surface area contributed by atoms with E-state index in [1.54, 1.807) is 16.8 Å². The third-order valence-corrected chi connectivity index (χ3v) is 2.96. The molecule has 0 unspecified atom stereocenters. The number of pyridine rings is 1. The topological polar surface area (TPSA) is 52.9 Å². The summed E-state index contributed by atoms with van der Waals surface area (Å²) in [6.07, 6.45) is 1.80. The average Bonchev–Trinajstić information content (AvgIpc) is 2.58. The molecule has 6 heteroatoms. The SMILES string of the molecule is CCn1c(N)c(Cl)c2c(ccn2C)c1=O.Cl. The van der Waals surface area contributed by atoms with Gasteiger partial charge in [-0.1, -0.05) is 11.6 Å². The summed E-state index contributed by atoms with van der Waals surface area (Å²) in [6.45, 7) is 2.39. The number of hydrogen-bond acceptors (Lipinski definition) is 2. The van der Waals surface area contributed by atoms with Crippen molar-refractivity contribution in [3.8, 4) is 0 Å². The molecule has 2 aromatic rings. The summed E-state index contributed by atoms with van der Waals surface area (Å²) < 4.78 is 3.28. The van der Waals surface area contributed by atoms with Crippen LogP contribution < -0.4 is 11.3 Å². The van der Waals surface area contributed by atoms with Gasteiger partial charge in [0, 0.05) is 19.8 Å². The Labute approximate surface area is 104 Å². The Morgan fingerprint density at radius 2 is 2.12 bits per heavy atom. The maximum Gasteiger partial charge on any atom is 0.261 e. The van der Waals surface area contributed by atoms with E-state index < -0.39 is 0 Å². The van der Waals surface area contributed by atoms with Crippen LogP contribution in [0.3, 0.4) is 0 Å². The van der Waals surface area contributed by atoms with Crippen LogP contribution in [-0.2, 0) is 13.6 Å². The molecular weight excluding hydrogens is 249 g/mol. The Balaban J connectivity index is 0.00000128. The average molecular weight is 262 g/mol.